The monoisotopic (exact) mass is 443 g/mol. The topological polar surface area (TPSA) is 77.6 Å². The number of rotatable bonds is 6. The Morgan fingerprint density at radius 2 is 1.64 bits per heavy atom. The third-order valence-electron chi connectivity index (χ3n) is 6.01. The van der Waals surface area contributed by atoms with Crippen molar-refractivity contribution in [3.05, 3.63) is 102 Å². The second kappa shape index (κ2) is 10.7. The van der Waals surface area contributed by atoms with Gasteiger partial charge in [-0.2, -0.15) is 0 Å². The van der Waals surface area contributed by atoms with E-state index in [0.717, 1.165) is 0 Å². The van der Waals surface area contributed by atoms with E-state index in [1.165, 1.54) is 11.1 Å². The Hall–Kier alpha value is -3.71. The highest BCUT2D eigenvalue weighted by molar-refractivity contribution is 5.94. The predicted molar refractivity (Wildman–Crippen MR) is 128 cm³/mol. The van der Waals surface area contributed by atoms with E-state index in [4.69, 9.17) is 0 Å². The van der Waals surface area contributed by atoms with Crippen LogP contribution in [0.4, 0.5) is 4.79 Å². The molecule has 0 saturated carbocycles. The summed E-state index contributed by atoms with van der Waals surface area (Å²) in [7, 11) is 1.60. The zero-order valence-electron chi connectivity index (χ0n) is 18.7. The van der Waals surface area contributed by atoms with Gasteiger partial charge < -0.3 is 15.5 Å². The lowest BCUT2D eigenvalue weighted by atomic mass is 9.94. The fourth-order valence-electron chi connectivity index (χ4n) is 4.39. The van der Waals surface area contributed by atoms with Crippen LogP contribution in [-0.2, 0) is 0 Å². The molecule has 1 aliphatic rings. The highest BCUT2D eigenvalue weighted by Crippen LogP contribution is 2.32. The number of hydrogen-bond acceptors (Lipinski definition) is 4. The Balaban J connectivity index is 1.64. The first-order chi connectivity index (χ1) is 16.2. The maximum absolute atomic E-state index is 13.1. The van der Waals surface area contributed by atoms with Crippen molar-refractivity contribution >= 4 is 11.9 Å². The molecule has 3 amide bonds. The van der Waals surface area contributed by atoms with Gasteiger partial charge in [0.15, 0.2) is 0 Å². The molecule has 33 heavy (non-hydrogen) atoms. The molecule has 170 valence electrons. The van der Waals surface area contributed by atoms with Crippen molar-refractivity contribution in [3.63, 3.8) is 0 Å². The van der Waals surface area contributed by atoms with Crippen molar-refractivity contribution in [3.8, 4) is 0 Å². The summed E-state index contributed by atoms with van der Waals surface area (Å²) < 4.78 is 0. The smallest absolute Gasteiger partial charge is 0.314 e. The lowest BCUT2D eigenvalue weighted by Crippen LogP contribution is -2.59. The SMILES string of the molecule is CNC(=O)NCC1CN(C(=O)c2cccnc2)CCN1C(c1ccccc1)c1ccccc1. The number of aromatic nitrogens is 1. The molecule has 2 heterocycles. The minimum Gasteiger partial charge on any atom is -0.341 e. The average molecular weight is 444 g/mol. The summed E-state index contributed by atoms with van der Waals surface area (Å²) >= 11 is 0. The number of hydrogen-bond donors (Lipinski definition) is 2. The Morgan fingerprint density at radius 1 is 0.970 bits per heavy atom. The zero-order chi connectivity index (χ0) is 23.0. The second-order valence-corrected chi connectivity index (χ2v) is 8.07. The molecule has 0 aliphatic carbocycles. The first kappa shape index (κ1) is 22.5. The molecule has 7 nitrogen and oxygen atoms in total. The van der Waals surface area contributed by atoms with Gasteiger partial charge in [-0.25, -0.2) is 4.79 Å². The lowest BCUT2D eigenvalue weighted by molar-refractivity contribution is 0.0391. The number of benzene rings is 2. The van der Waals surface area contributed by atoms with Crippen LogP contribution in [0.25, 0.3) is 0 Å². The van der Waals surface area contributed by atoms with Gasteiger partial charge in [0.2, 0.25) is 0 Å². The summed E-state index contributed by atoms with van der Waals surface area (Å²) in [6.07, 6.45) is 3.26. The summed E-state index contributed by atoms with van der Waals surface area (Å²) in [6.45, 7) is 2.21. The van der Waals surface area contributed by atoms with Gasteiger partial charge in [0.1, 0.15) is 0 Å². The molecule has 2 aromatic carbocycles. The Kier molecular flexibility index (Phi) is 7.32. The minimum absolute atomic E-state index is 0.0135. The van der Waals surface area contributed by atoms with Gasteiger partial charge in [-0.15, -0.1) is 0 Å². The number of nitrogens with zero attached hydrogens (tertiary/aromatic N) is 3. The van der Waals surface area contributed by atoms with Crippen molar-refractivity contribution in [2.75, 3.05) is 33.2 Å². The Morgan fingerprint density at radius 3 is 2.21 bits per heavy atom. The van der Waals surface area contributed by atoms with E-state index in [1.807, 2.05) is 41.3 Å². The minimum atomic E-state index is -0.235. The molecule has 1 aliphatic heterocycles. The van der Waals surface area contributed by atoms with Crippen LogP contribution < -0.4 is 10.6 Å². The van der Waals surface area contributed by atoms with Gasteiger partial charge in [0.05, 0.1) is 11.6 Å². The number of carbonyl (C=O) groups excluding carboxylic acids is 2. The number of carbonyl (C=O) groups is 2. The molecule has 0 radical (unpaired) electrons. The Labute approximate surface area is 194 Å². The molecule has 1 unspecified atom stereocenters. The van der Waals surface area contributed by atoms with E-state index in [-0.39, 0.29) is 24.0 Å². The van der Waals surface area contributed by atoms with Gasteiger partial charge in [0.25, 0.3) is 5.91 Å². The molecule has 2 N–H and O–H groups in total. The van der Waals surface area contributed by atoms with E-state index >= 15 is 0 Å². The number of amides is 3. The maximum Gasteiger partial charge on any atom is 0.314 e. The highest BCUT2D eigenvalue weighted by atomic mass is 16.2. The summed E-state index contributed by atoms with van der Waals surface area (Å²) in [4.78, 5) is 33.4. The fourth-order valence-corrected chi connectivity index (χ4v) is 4.39. The Bertz CT molecular complexity index is 1010. The molecule has 7 heteroatoms. The van der Waals surface area contributed by atoms with Crippen molar-refractivity contribution in [1.82, 2.24) is 25.4 Å². The van der Waals surface area contributed by atoms with Gasteiger partial charge in [0, 0.05) is 51.7 Å². The summed E-state index contributed by atoms with van der Waals surface area (Å²) in [5.41, 5.74) is 2.94. The molecular weight excluding hydrogens is 414 g/mol. The normalized spacial score (nSPS) is 16.4. The predicted octanol–water partition coefficient (Wildman–Crippen LogP) is 2.93. The number of piperazine rings is 1. The van der Waals surface area contributed by atoms with Gasteiger partial charge in [-0.3, -0.25) is 14.7 Å². The van der Waals surface area contributed by atoms with Crippen LogP contribution in [0.15, 0.2) is 85.2 Å². The van der Waals surface area contributed by atoms with Crippen LogP contribution in [-0.4, -0.2) is 66.0 Å². The van der Waals surface area contributed by atoms with Crippen LogP contribution in [0, 0.1) is 0 Å². The lowest BCUT2D eigenvalue weighted by Gasteiger charge is -2.45. The van der Waals surface area contributed by atoms with E-state index in [0.29, 0.717) is 31.7 Å². The number of pyridine rings is 1. The maximum atomic E-state index is 13.1. The fraction of sp³-hybridized carbons (Fsp3) is 0.269. The standard InChI is InChI=1S/C26H29N5O2/c1-27-26(33)29-18-23-19-30(25(32)22-13-8-14-28-17-22)15-16-31(23)24(20-9-4-2-5-10-20)21-11-6-3-7-12-21/h2-14,17,23-24H,15-16,18-19H2,1H3,(H2,27,29,33). The van der Waals surface area contributed by atoms with Crippen molar-refractivity contribution < 1.29 is 9.59 Å². The molecule has 0 spiro atoms. The first-order valence-corrected chi connectivity index (χ1v) is 11.2. The molecule has 0 bridgehead atoms. The summed E-state index contributed by atoms with van der Waals surface area (Å²) in [6, 6.07) is 24.0. The molecule has 4 rings (SSSR count). The van der Waals surface area contributed by atoms with E-state index < -0.39 is 0 Å². The molecule has 3 aromatic rings. The van der Waals surface area contributed by atoms with E-state index in [1.54, 1.807) is 31.6 Å². The number of nitrogens with one attached hydrogen (secondary N) is 2. The second-order valence-electron chi connectivity index (χ2n) is 8.07. The molecule has 1 atom stereocenters. The quantitative estimate of drug-likeness (QED) is 0.614. The van der Waals surface area contributed by atoms with Crippen LogP contribution in [0.3, 0.4) is 0 Å². The van der Waals surface area contributed by atoms with E-state index in [2.05, 4.69) is 44.8 Å². The summed E-state index contributed by atoms with van der Waals surface area (Å²) in [5.74, 6) is -0.0383. The van der Waals surface area contributed by atoms with Crippen LogP contribution >= 0.6 is 0 Å². The highest BCUT2D eigenvalue weighted by Gasteiger charge is 2.35. The number of urea groups is 1. The van der Waals surface area contributed by atoms with Crippen molar-refractivity contribution in [1.29, 1.82) is 0 Å². The van der Waals surface area contributed by atoms with Crippen LogP contribution in [0.2, 0.25) is 0 Å². The molecule has 1 fully saturated rings. The third kappa shape index (κ3) is 5.38. The third-order valence-corrected chi connectivity index (χ3v) is 6.01. The molecule has 1 saturated heterocycles. The van der Waals surface area contributed by atoms with Gasteiger partial charge >= 0.3 is 6.03 Å². The van der Waals surface area contributed by atoms with Gasteiger partial charge in [-0.1, -0.05) is 60.7 Å². The van der Waals surface area contributed by atoms with Crippen molar-refractivity contribution in [2.45, 2.75) is 12.1 Å². The van der Waals surface area contributed by atoms with Crippen LogP contribution in [0.5, 0.6) is 0 Å². The van der Waals surface area contributed by atoms with Crippen molar-refractivity contribution in [2.24, 2.45) is 0 Å². The zero-order valence-corrected chi connectivity index (χ0v) is 18.7. The van der Waals surface area contributed by atoms with E-state index in [9.17, 15) is 9.59 Å². The molecular formula is C26H29N5O2. The summed E-state index contributed by atoms with van der Waals surface area (Å²) in [5, 5.41) is 5.56. The molecule has 1 aromatic heterocycles. The average Bonchev–Trinajstić information content (AvgIpc) is 2.89. The first-order valence-electron chi connectivity index (χ1n) is 11.2. The van der Waals surface area contributed by atoms with Gasteiger partial charge in [-0.05, 0) is 23.3 Å². The van der Waals surface area contributed by atoms with Crippen LogP contribution in [0.1, 0.15) is 27.5 Å². The largest absolute Gasteiger partial charge is 0.341 e.